The smallest absolute Gasteiger partial charge is 0.399 e. The van der Waals surface area contributed by atoms with Crippen molar-refractivity contribution >= 4 is 40.1 Å². The molecule has 1 aliphatic rings. The van der Waals surface area contributed by atoms with Crippen LogP contribution in [0.1, 0.15) is 27.7 Å². The zero-order valence-electron chi connectivity index (χ0n) is 17.3. The molecule has 0 unspecified atom stereocenters. The number of hydrogen-bond acceptors (Lipinski definition) is 3. The molecule has 29 heavy (non-hydrogen) atoms. The van der Waals surface area contributed by atoms with Gasteiger partial charge in [0.2, 0.25) is 0 Å². The first-order valence-electron chi connectivity index (χ1n) is 10.0. The van der Waals surface area contributed by atoms with Crippen LogP contribution in [0.2, 0.25) is 0 Å². The summed E-state index contributed by atoms with van der Waals surface area (Å²) in [4.78, 5) is 0. The maximum atomic E-state index is 6.54. The van der Waals surface area contributed by atoms with Crippen LogP contribution in [0.5, 0.6) is 0 Å². The largest absolute Gasteiger partial charge is 0.496 e. The quantitative estimate of drug-likeness (QED) is 0.404. The SMILES string of the molecule is CC1(C)OB(c2cc3c4ccccc4n(-c4ccccc4)c3cc2N)OC1(C)C. The molecule has 1 aromatic heterocycles. The van der Waals surface area contributed by atoms with E-state index in [4.69, 9.17) is 15.0 Å². The van der Waals surface area contributed by atoms with E-state index >= 15 is 0 Å². The molecule has 0 bridgehead atoms. The topological polar surface area (TPSA) is 49.4 Å². The molecule has 0 amide bonds. The summed E-state index contributed by atoms with van der Waals surface area (Å²) in [6.07, 6.45) is 0. The van der Waals surface area contributed by atoms with Crippen molar-refractivity contribution in [2.45, 2.75) is 38.9 Å². The standard InChI is InChI=1S/C24H25BN2O2/c1-23(2)24(3,4)29-25(28-23)19-14-18-17-12-8-9-13-21(17)27(22(18)15-20(19)26)16-10-6-5-7-11-16/h5-15H,26H2,1-4H3. The van der Waals surface area contributed by atoms with Crippen molar-refractivity contribution in [3.63, 3.8) is 0 Å². The van der Waals surface area contributed by atoms with Gasteiger partial charge in [-0.15, -0.1) is 0 Å². The van der Waals surface area contributed by atoms with Gasteiger partial charge in [-0.05, 0) is 52.0 Å². The van der Waals surface area contributed by atoms with Crippen LogP contribution in [0, 0.1) is 0 Å². The Bertz CT molecular complexity index is 1210. The number of nitrogens with zero attached hydrogens (tertiary/aromatic N) is 1. The molecule has 2 heterocycles. The predicted octanol–water partition coefficient (Wildman–Crippen LogP) is 4.67. The van der Waals surface area contributed by atoms with Gasteiger partial charge in [0.1, 0.15) is 0 Å². The van der Waals surface area contributed by atoms with Crippen molar-refractivity contribution < 1.29 is 9.31 Å². The van der Waals surface area contributed by atoms with Crippen LogP contribution in [0.25, 0.3) is 27.5 Å². The highest BCUT2D eigenvalue weighted by atomic mass is 16.7. The highest BCUT2D eigenvalue weighted by Crippen LogP contribution is 2.38. The van der Waals surface area contributed by atoms with Crippen molar-refractivity contribution in [1.29, 1.82) is 0 Å². The van der Waals surface area contributed by atoms with Gasteiger partial charge in [0.15, 0.2) is 0 Å². The predicted molar refractivity (Wildman–Crippen MR) is 121 cm³/mol. The number of benzene rings is 3. The van der Waals surface area contributed by atoms with E-state index in [1.807, 2.05) is 12.1 Å². The molecule has 146 valence electrons. The van der Waals surface area contributed by atoms with E-state index in [1.165, 1.54) is 5.39 Å². The summed E-state index contributed by atoms with van der Waals surface area (Å²) in [5, 5.41) is 2.33. The fourth-order valence-corrected chi connectivity index (χ4v) is 4.08. The minimum Gasteiger partial charge on any atom is -0.399 e. The van der Waals surface area contributed by atoms with Gasteiger partial charge in [-0.25, -0.2) is 0 Å². The first-order chi connectivity index (χ1) is 13.8. The van der Waals surface area contributed by atoms with Gasteiger partial charge in [-0.3, -0.25) is 0 Å². The Morgan fingerprint density at radius 3 is 2.07 bits per heavy atom. The van der Waals surface area contributed by atoms with E-state index in [-0.39, 0.29) is 0 Å². The molecule has 2 N–H and O–H groups in total. The minimum absolute atomic E-state index is 0.406. The van der Waals surface area contributed by atoms with Crippen molar-refractivity contribution in [2.75, 3.05) is 5.73 Å². The van der Waals surface area contributed by atoms with Crippen LogP contribution in [0.4, 0.5) is 5.69 Å². The zero-order chi connectivity index (χ0) is 20.4. The van der Waals surface area contributed by atoms with E-state index in [1.54, 1.807) is 0 Å². The first kappa shape index (κ1) is 18.3. The molecule has 0 aliphatic carbocycles. The van der Waals surface area contributed by atoms with E-state index in [9.17, 15) is 0 Å². The highest BCUT2D eigenvalue weighted by Gasteiger charge is 2.52. The van der Waals surface area contributed by atoms with E-state index in [0.717, 1.165) is 27.6 Å². The summed E-state index contributed by atoms with van der Waals surface area (Å²) in [6, 6.07) is 23.0. The van der Waals surface area contributed by atoms with E-state index in [2.05, 4.69) is 86.9 Å². The fourth-order valence-electron chi connectivity index (χ4n) is 4.08. The number of hydrogen-bond donors (Lipinski definition) is 1. The number of anilines is 1. The lowest BCUT2D eigenvalue weighted by Gasteiger charge is -2.32. The second kappa shape index (κ2) is 6.12. The number of nitrogen functional groups attached to an aromatic ring is 1. The van der Waals surface area contributed by atoms with Crippen LogP contribution in [0.15, 0.2) is 66.7 Å². The van der Waals surface area contributed by atoms with Gasteiger partial charge in [0, 0.05) is 27.6 Å². The van der Waals surface area contributed by atoms with Crippen molar-refractivity contribution in [2.24, 2.45) is 0 Å². The summed E-state index contributed by atoms with van der Waals surface area (Å²) >= 11 is 0. The van der Waals surface area contributed by atoms with Crippen LogP contribution in [-0.4, -0.2) is 22.9 Å². The Kier molecular flexibility index (Phi) is 3.86. The molecule has 3 aromatic carbocycles. The third kappa shape index (κ3) is 2.69. The van der Waals surface area contributed by atoms with Gasteiger partial charge in [0.25, 0.3) is 0 Å². The van der Waals surface area contributed by atoms with Crippen molar-refractivity contribution in [1.82, 2.24) is 4.57 Å². The van der Waals surface area contributed by atoms with Crippen molar-refractivity contribution in [3.05, 3.63) is 66.7 Å². The lowest BCUT2D eigenvalue weighted by Crippen LogP contribution is -2.41. The highest BCUT2D eigenvalue weighted by molar-refractivity contribution is 6.64. The lowest BCUT2D eigenvalue weighted by atomic mass is 9.77. The van der Waals surface area contributed by atoms with Gasteiger partial charge in [0.05, 0.1) is 22.2 Å². The Morgan fingerprint density at radius 2 is 1.38 bits per heavy atom. The number of aromatic nitrogens is 1. The Balaban J connectivity index is 1.76. The van der Waals surface area contributed by atoms with Gasteiger partial charge >= 0.3 is 7.12 Å². The summed E-state index contributed by atoms with van der Waals surface area (Å²) in [7, 11) is -0.483. The second-order valence-electron chi connectivity index (χ2n) is 8.77. The average Bonchev–Trinajstić information content (AvgIpc) is 3.11. The van der Waals surface area contributed by atoms with Crippen LogP contribution >= 0.6 is 0 Å². The monoisotopic (exact) mass is 384 g/mol. The maximum Gasteiger partial charge on any atom is 0.496 e. The third-order valence-electron chi connectivity index (χ3n) is 6.40. The van der Waals surface area contributed by atoms with Gasteiger partial charge < -0.3 is 19.6 Å². The summed E-state index contributed by atoms with van der Waals surface area (Å²) in [5.41, 5.74) is 10.6. The molecule has 5 heteroatoms. The summed E-state index contributed by atoms with van der Waals surface area (Å²) < 4.78 is 14.8. The molecular formula is C24H25BN2O2. The Morgan fingerprint density at radius 1 is 0.759 bits per heavy atom. The Hall–Kier alpha value is -2.76. The van der Waals surface area contributed by atoms with Crippen LogP contribution < -0.4 is 11.2 Å². The van der Waals surface area contributed by atoms with Gasteiger partial charge in [-0.2, -0.15) is 0 Å². The third-order valence-corrected chi connectivity index (χ3v) is 6.40. The molecule has 0 atom stereocenters. The number of fused-ring (bicyclic) bond motifs is 3. The molecular weight excluding hydrogens is 359 g/mol. The van der Waals surface area contributed by atoms with E-state index < -0.39 is 18.3 Å². The molecule has 1 saturated heterocycles. The Labute approximate surface area is 171 Å². The van der Waals surface area contributed by atoms with Crippen LogP contribution in [-0.2, 0) is 9.31 Å². The lowest BCUT2D eigenvalue weighted by molar-refractivity contribution is 0.00578. The second-order valence-corrected chi connectivity index (χ2v) is 8.77. The molecule has 1 fully saturated rings. The molecule has 4 aromatic rings. The minimum atomic E-state index is -0.483. The molecule has 5 rings (SSSR count). The summed E-state index contributed by atoms with van der Waals surface area (Å²) in [5.74, 6) is 0. The maximum absolute atomic E-state index is 6.54. The molecule has 0 saturated carbocycles. The zero-order valence-corrected chi connectivity index (χ0v) is 17.3. The van der Waals surface area contributed by atoms with Crippen molar-refractivity contribution in [3.8, 4) is 5.69 Å². The number of rotatable bonds is 2. The average molecular weight is 384 g/mol. The van der Waals surface area contributed by atoms with E-state index in [0.29, 0.717) is 5.69 Å². The molecule has 0 spiro atoms. The fraction of sp³-hybridized carbons (Fsp3) is 0.250. The number of para-hydroxylation sites is 2. The summed E-state index contributed by atoms with van der Waals surface area (Å²) in [6.45, 7) is 8.23. The first-order valence-corrected chi connectivity index (χ1v) is 10.0. The van der Waals surface area contributed by atoms with Crippen LogP contribution in [0.3, 0.4) is 0 Å². The molecule has 1 aliphatic heterocycles. The van der Waals surface area contributed by atoms with Gasteiger partial charge in [-0.1, -0.05) is 42.5 Å². The molecule has 4 nitrogen and oxygen atoms in total. The normalized spacial score (nSPS) is 18.0. The molecule has 0 radical (unpaired) electrons. The number of nitrogens with two attached hydrogens (primary N) is 1.